The Balaban J connectivity index is 2.03. The van der Waals surface area contributed by atoms with E-state index in [0.29, 0.717) is 5.02 Å². The molecular formula is C29H33BrClN3O4S. The van der Waals surface area contributed by atoms with Crippen molar-refractivity contribution >= 4 is 55.1 Å². The minimum Gasteiger partial charge on any atom is -0.352 e. The number of carbonyl (C=O) groups is 2. The molecule has 0 aromatic heterocycles. The van der Waals surface area contributed by atoms with Crippen LogP contribution in [0.25, 0.3) is 0 Å². The number of benzene rings is 3. The van der Waals surface area contributed by atoms with Crippen LogP contribution in [0.3, 0.4) is 0 Å². The van der Waals surface area contributed by atoms with Crippen molar-refractivity contribution in [3.63, 3.8) is 0 Å². The molecule has 0 fully saturated rings. The lowest BCUT2D eigenvalue weighted by molar-refractivity contribution is -0.139. The molecule has 0 bridgehead atoms. The molecule has 3 rings (SSSR count). The van der Waals surface area contributed by atoms with Crippen LogP contribution in [0.15, 0.2) is 82.2 Å². The number of anilines is 1. The fourth-order valence-corrected chi connectivity index (χ4v) is 5.69. The van der Waals surface area contributed by atoms with Gasteiger partial charge in [0.25, 0.3) is 10.0 Å². The Morgan fingerprint density at radius 2 is 1.64 bits per heavy atom. The van der Waals surface area contributed by atoms with Crippen LogP contribution in [0.4, 0.5) is 5.69 Å². The monoisotopic (exact) mass is 633 g/mol. The standard InChI is InChI=1S/C29H33BrClN3O4S/c1-5-21(3)32-29(36)22(4)33(18-23-12-14-24(30)15-13-23)28(35)19-34(25-16-11-20(2)27(31)17-25)39(37,38)26-9-7-6-8-10-26/h6-17,21-22H,5,18-19H2,1-4H3,(H,32,36)/t21-,22-/m1/s1. The quantitative estimate of drug-likeness (QED) is 0.283. The smallest absolute Gasteiger partial charge is 0.264 e. The Morgan fingerprint density at radius 3 is 2.23 bits per heavy atom. The normalized spacial score (nSPS) is 12.9. The van der Waals surface area contributed by atoms with E-state index in [1.807, 2.05) is 45.0 Å². The molecule has 3 aromatic rings. The predicted molar refractivity (Wildman–Crippen MR) is 159 cm³/mol. The molecule has 0 saturated carbocycles. The van der Waals surface area contributed by atoms with Crippen LogP contribution < -0.4 is 9.62 Å². The van der Waals surface area contributed by atoms with Crippen LogP contribution in [-0.2, 0) is 26.2 Å². The summed E-state index contributed by atoms with van der Waals surface area (Å²) in [6.45, 7) is 6.90. The molecule has 0 spiro atoms. The first kappa shape index (κ1) is 30.7. The van der Waals surface area contributed by atoms with Gasteiger partial charge in [0.15, 0.2) is 0 Å². The minimum absolute atomic E-state index is 0.0384. The van der Waals surface area contributed by atoms with Gasteiger partial charge >= 0.3 is 0 Å². The molecule has 0 saturated heterocycles. The summed E-state index contributed by atoms with van der Waals surface area (Å²) in [7, 11) is -4.14. The highest BCUT2D eigenvalue weighted by atomic mass is 79.9. The summed E-state index contributed by atoms with van der Waals surface area (Å²) in [4.78, 5) is 28.5. The highest BCUT2D eigenvalue weighted by Crippen LogP contribution is 2.28. The van der Waals surface area contributed by atoms with Crippen molar-refractivity contribution in [3.8, 4) is 0 Å². The Hall–Kier alpha value is -2.88. The van der Waals surface area contributed by atoms with E-state index in [1.54, 1.807) is 37.3 Å². The molecule has 0 unspecified atom stereocenters. The van der Waals surface area contributed by atoms with Crippen molar-refractivity contribution in [2.45, 2.75) is 57.6 Å². The SMILES string of the molecule is CC[C@@H](C)NC(=O)[C@@H](C)N(Cc1ccc(Br)cc1)C(=O)CN(c1ccc(C)c(Cl)c1)S(=O)(=O)c1ccccc1. The molecule has 1 N–H and O–H groups in total. The van der Waals surface area contributed by atoms with Gasteiger partial charge in [-0.1, -0.05) is 70.9 Å². The maximum atomic E-state index is 13.9. The van der Waals surface area contributed by atoms with Crippen molar-refractivity contribution in [1.29, 1.82) is 0 Å². The van der Waals surface area contributed by atoms with Crippen LogP contribution in [0.5, 0.6) is 0 Å². The van der Waals surface area contributed by atoms with E-state index in [4.69, 9.17) is 11.6 Å². The largest absolute Gasteiger partial charge is 0.352 e. The fraction of sp³-hybridized carbons (Fsp3) is 0.310. The third kappa shape index (κ3) is 7.84. The highest BCUT2D eigenvalue weighted by Gasteiger charge is 2.33. The van der Waals surface area contributed by atoms with Crippen LogP contribution in [0.2, 0.25) is 5.02 Å². The molecule has 2 amide bonds. The molecule has 39 heavy (non-hydrogen) atoms. The summed E-state index contributed by atoms with van der Waals surface area (Å²) >= 11 is 9.77. The van der Waals surface area contributed by atoms with E-state index in [0.717, 1.165) is 26.3 Å². The summed E-state index contributed by atoms with van der Waals surface area (Å²) in [6.07, 6.45) is 0.733. The number of sulfonamides is 1. The molecule has 0 aliphatic rings. The van der Waals surface area contributed by atoms with Gasteiger partial charge in [0.2, 0.25) is 11.8 Å². The second kappa shape index (κ2) is 13.5. The molecule has 0 radical (unpaired) electrons. The first-order valence-electron chi connectivity index (χ1n) is 12.6. The molecule has 0 aliphatic heterocycles. The number of nitrogens with zero attached hydrogens (tertiary/aromatic N) is 2. The Bertz CT molecular complexity index is 1400. The number of halogens is 2. The number of rotatable bonds is 11. The fourth-order valence-electron chi connectivity index (χ4n) is 3.82. The van der Waals surface area contributed by atoms with Crippen LogP contribution in [-0.4, -0.2) is 43.8 Å². The molecule has 0 heterocycles. The van der Waals surface area contributed by atoms with Crippen molar-refractivity contribution in [2.24, 2.45) is 0 Å². The number of carbonyl (C=O) groups excluding carboxylic acids is 2. The topological polar surface area (TPSA) is 86.8 Å². The first-order valence-corrected chi connectivity index (χ1v) is 15.2. The third-order valence-electron chi connectivity index (χ3n) is 6.49. The Morgan fingerprint density at radius 1 is 1.00 bits per heavy atom. The van der Waals surface area contributed by atoms with E-state index >= 15 is 0 Å². The Kier molecular flexibility index (Phi) is 10.6. The maximum Gasteiger partial charge on any atom is 0.264 e. The lowest BCUT2D eigenvalue weighted by atomic mass is 10.1. The van der Waals surface area contributed by atoms with Gasteiger partial charge in [0.05, 0.1) is 10.6 Å². The van der Waals surface area contributed by atoms with Crippen molar-refractivity contribution < 1.29 is 18.0 Å². The van der Waals surface area contributed by atoms with E-state index < -0.39 is 28.5 Å². The number of aryl methyl sites for hydroxylation is 1. The number of hydrogen-bond acceptors (Lipinski definition) is 4. The average molecular weight is 635 g/mol. The van der Waals surface area contributed by atoms with Gasteiger partial charge in [-0.3, -0.25) is 13.9 Å². The predicted octanol–water partition coefficient (Wildman–Crippen LogP) is 5.94. The summed E-state index contributed by atoms with van der Waals surface area (Å²) in [5, 5.41) is 3.30. The van der Waals surface area contributed by atoms with Crippen LogP contribution in [0.1, 0.15) is 38.3 Å². The lowest BCUT2D eigenvalue weighted by Gasteiger charge is -2.32. The molecular weight excluding hydrogens is 602 g/mol. The molecule has 2 atom stereocenters. The van der Waals surface area contributed by atoms with Crippen LogP contribution in [0, 0.1) is 6.92 Å². The first-order chi connectivity index (χ1) is 18.4. The zero-order chi connectivity index (χ0) is 28.7. The second-order valence-corrected chi connectivity index (χ2v) is 12.6. The van der Waals surface area contributed by atoms with Gasteiger partial charge < -0.3 is 10.2 Å². The molecule has 0 aliphatic carbocycles. The van der Waals surface area contributed by atoms with E-state index in [2.05, 4.69) is 21.2 Å². The third-order valence-corrected chi connectivity index (χ3v) is 9.21. The number of hydrogen-bond donors (Lipinski definition) is 1. The van der Waals surface area contributed by atoms with Gasteiger partial charge in [-0.15, -0.1) is 0 Å². The van der Waals surface area contributed by atoms with Gasteiger partial charge in [0.1, 0.15) is 12.6 Å². The summed E-state index contributed by atoms with van der Waals surface area (Å²) in [6, 6.07) is 19.2. The zero-order valence-electron chi connectivity index (χ0n) is 22.4. The number of amides is 2. The van der Waals surface area contributed by atoms with Crippen LogP contribution >= 0.6 is 27.5 Å². The lowest BCUT2D eigenvalue weighted by Crippen LogP contribution is -2.52. The van der Waals surface area contributed by atoms with Crippen molar-refractivity contribution in [2.75, 3.05) is 10.8 Å². The van der Waals surface area contributed by atoms with Gasteiger partial charge in [-0.25, -0.2) is 8.42 Å². The van der Waals surface area contributed by atoms with Gasteiger partial charge in [-0.05, 0) is 74.7 Å². The van der Waals surface area contributed by atoms with Gasteiger partial charge in [-0.2, -0.15) is 0 Å². The highest BCUT2D eigenvalue weighted by molar-refractivity contribution is 9.10. The zero-order valence-corrected chi connectivity index (χ0v) is 25.6. The maximum absolute atomic E-state index is 13.9. The average Bonchev–Trinajstić information content (AvgIpc) is 2.92. The Labute approximate surface area is 244 Å². The van der Waals surface area contributed by atoms with Crippen molar-refractivity contribution in [1.82, 2.24) is 10.2 Å². The molecule has 3 aromatic carbocycles. The number of nitrogens with one attached hydrogen (secondary N) is 1. The van der Waals surface area contributed by atoms with E-state index in [-0.39, 0.29) is 29.1 Å². The van der Waals surface area contributed by atoms with Crippen molar-refractivity contribution in [3.05, 3.63) is 93.4 Å². The second-order valence-electron chi connectivity index (χ2n) is 9.40. The summed E-state index contributed by atoms with van der Waals surface area (Å²) in [5.74, 6) is -0.841. The van der Waals surface area contributed by atoms with E-state index in [9.17, 15) is 18.0 Å². The summed E-state index contributed by atoms with van der Waals surface area (Å²) < 4.78 is 29.5. The minimum atomic E-state index is -4.14. The van der Waals surface area contributed by atoms with E-state index in [1.165, 1.54) is 23.1 Å². The van der Waals surface area contributed by atoms with Gasteiger partial charge in [0, 0.05) is 22.1 Å². The molecule has 7 nitrogen and oxygen atoms in total. The molecule has 208 valence electrons. The molecule has 10 heteroatoms. The summed E-state index contributed by atoms with van der Waals surface area (Å²) in [5.41, 5.74) is 1.82.